The summed E-state index contributed by atoms with van der Waals surface area (Å²) in [7, 11) is 1.75. The van der Waals surface area contributed by atoms with Crippen molar-refractivity contribution in [3.05, 3.63) is 33.8 Å². The second-order valence-corrected chi connectivity index (χ2v) is 7.23. The molecule has 6 heteroatoms. The number of piperidine rings is 1. The van der Waals surface area contributed by atoms with E-state index in [0.29, 0.717) is 11.1 Å². The molecule has 0 unspecified atom stereocenters. The molecule has 1 saturated heterocycles. The van der Waals surface area contributed by atoms with Crippen LogP contribution in [0.5, 0.6) is 0 Å². The van der Waals surface area contributed by atoms with Crippen molar-refractivity contribution in [1.82, 2.24) is 9.88 Å². The molecular formula is C17H21BrClN3O. The molecule has 0 atom stereocenters. The van der Waals surface area contributed by atoms with E-state index in [2.05, 4.69) is 37.2 Å². The lowest BCUT2D eigenvalue weighted by Crippen LogP contribution is -2.40. The molecule has 1 fully saturated rings. The van der Waals surface area contributed by atoms with Gasteiger partial charge in [-0.1, -0.05) is 27.5 Å². The summed E-state index contributed by atoms with van der Waals surface area (Å²) in [4.78, 5) is 7.13. The van der Waals surface area contributed by atoms with Gasteiger partial charge in [0, 0.05) is 42.6 Å². The topological polar surface area (TPSA) is 37.4 Å². The lowest BCUT2D eigenvalue weighted by atomic mass is 10.1. The minimum atomic E-state index is 0.466. The quantitative estimate of drug-likeness (QED) is 0.820. The standard InChI is InChI=1S/C17H21BrClN3O/c1-23-9-8-22-6-4-14(5-7-22)20-16-3-2-12-10-13(18)11-15(19)17(12)21-16/h2-3,10-11,14H,4-9H2,1H3,(H,20,21). The maximum absolute atomic E-state index is 6.31. The third-order valence-electron chi connectivity index (χ3n) is 4.26. The molecule has 4 nitrogen and oxygen atoms in total. The van der Waals surface area contributed by atoms with E-state index >= 15 is 0 Å². The summed E-state index contributed by atoms with van der Waals surface area (Å²) >= 11 is 9.77. The van der Waals surface area contributed by atoms with Gasteiger partial charge in [0.2, 0.25) is 0 Å². The highest BCUT2D eigenvalue weighted by molar-refractivity contribution is 9.10. The van der Waals surface area contributed by atoms with Gasteiger partial charge in [0.1, 0.15) is 5.82 Å². The van der Waals surface area contributed by atoms with Crippen LogP contribution in [0.3, 0.4) is 0 Å². The van der Waals surface area contributed by atoms with Gasteiger partial charge in [-0.05, 0) is 37.1 Å². The number of nitrogens with zero attached hydrogens (tertiary/aromatic N) is 2. The van der Waals surface area contributed by atoms with Crippen molar-refractivity contribution in [3.63, 3.8) is 0 Å². The highest BCUT2D eigenvalue weighted by Crippen LogP contribution is 2.28. The van der Waals surface area contributed by atoms with Crippen molar-refractivity contribution in [2.75, 3.05) is 38.7 Å². The van der Waals surface area contributed by atoms with E-state index in [0.717, 1.165) is 60.3 Å². The zero-order valence-electron chi connectivity index (χ0n) is 13.2. The molecule has 1 aliphatic heterocycles. The number of anilines is 1. The molecule has 2 heterocycles. The van der Waals surface area contributed by atoms with Crippen molar-refractivity contribution < 1.29 is 4.74 Å². The molecule has 3 rings (SSSR count). The monoisotopic (exact) mass is 397 g/mol. The first-order valence-electron chi connectivity index (χ1n) is 7.89. The Hall–Kier alpha value is -0.880. The molecule has 0 saturated carbocycles. The Kier molecular flexibility index (Phi) is 5.75. The third kappa shape index (κ3) is 4.35. The Morgan fingerprint density at radius 3 is 2.87 bits per heavy atom. The fourth-order valence-electron chi connectivity index (χ4n) is 2.97. The average Bonchev–Trinajstić information content (AvgIpc) is 2.55. The van der Waals surface area contributed by atoms with Crippen molar-refractivity contribution >= 4 is 44.3 Å². The minimum Gasteiger partial charge on any atom is -0.383 e. The first-order chi connectivity index (χ1) is 11.2. The first kappa shape index (κ1) is 17.0. The van der Waals surface area contributed by atoms with E-state index in [1.54, 1.807) is 7.11 Å². The third-order valence-corrected chi connectivity index (χ3v) is 5.01. The average molecular weight is 399 g/mol. The largest absolute Gasteiger partial charge is 0.383 e. The Balaban J connectivity index is 1.64. The molecule has 2 aromatic rings. The molecule has 23 heavy (non-hydrogen) atoms. The summed E-state index contributed by atoms with van der Waals surface area (Å²) in [5.41, 5.74) is 0.845. The smallest absolute Gasteiger partial charge is 0.126 e. The van der Waals surface area contributed by atoms with Crippen LogP contribution in [-0.4, -0.2) is 49.3 Å². The van der Waals surface area contributed by atoms with E-state index in [9.17, 15) is 0 Å². The maximum Gasteiger partial charge on any atom is 0.126 e. The van der Waals surface area contributed by atoms with Gasteiger partial charge in [-0.25, -0.2) is 4.98 Å². The van der Waals surface area contributed by atoms with E-state index in [1.807, 2.05) is 18.2 Å². The number of rotatable bonds is 5. The number of likely N-dealkylation sites (tertiary alicyclic amines) is 1. The van der Waals surface area contributed by atoms with Crippen LogP contribution in [0.4, 0.5) is 5.82 Å². The second kappa shape index (κ2) is 7.79. The van der Waals surface area contributed by atoms with Gasteiger partial charge in [0.05, 0.1) is 17.1 Å². The molecule has 1 aromatic heterocycles. The molecule has 0 spiro atoms. The van der Waals surface area contributed by atoms with Crippen molar-refractivity contribution in [2.24, 2.45) is 0 Å². The summed E-state index contributed by atoms with van der Waals surface area (Å²) in [5.74, 6) is 0.900. The van der Waals surface area contributed by atoms with E-state index in [-0.39, 0.29) is 0 Å². The van der Waals surface area contributed by atoms with Crippen LogP contribution in [0.15, 0.2) is 28.7 Å². The van der Waals surface area contributed by atoms with Crippen molar-refractivity contribution in [2.45, 2.75) is 18.9 Å². The minimum absolute atomic E-state index is 0.466. The maximum atomic E-state index is 6.31. The molecule has 0 amide bonds. The SMILES string of the molecule is COCCN1CCC(Nc2ccc3cc(Br)cc(Cl)c3n2)CC1. The number of halogens is 2. The van der Waals surface area contributed by atoms with Gasteiger partial charge >= 0.3 is 0 Å². The summed E-state index contributed by atoms with van der Waals surface area (Å²) in [6.45, 7) is 4.02. The van der Waals surface area contributed by atoms with E-state index in [1.165, 1.54) is 0 Å². The molecule has 0 radical (unpaired) electrons. The molecule has 1 N–H and O–H groups in total. The first-order valence-corrected chi connectivity index (χ1v) is 9.06. The number of nitrogens with one attached hydrogen (secondary N) is 1. The van der Waals surface area contributed by atoms with Crippen LogP contribution < -0.4 is 5.32 Å². The van der Waals surface area contributed by atoms with Crippen LogP contribution in [0, 0.1) is 0 Å². The Morgan fingerprint density at radius 1 is 1.35 bits per heavy atom. The summed E-state index contributed by atoms with van der Waals surface area (Å²) in [6.07, 6.45) is 2.25. The molecule has 0 aliphatic carbocycles. The number of hydrogen-bond donors (Lipinski definition) is 1. The molecule has 1 aliphatic rings. The summed E-state index contributed by atoms with van der Waals surface area (Å²) in [6, 6.07) is 8.48. The van der Waals surface area contributed by atoms with Crippen molar-refractivity contribution in [3.8, 4) is 0 Å². The van der Waals surface area contributed by atoms with E-state index in [4.69, 9.17) is 16.3 Å². The Morgan fingerprint density at radius 2 is 2.13 bits per heavy atom. The summed E-state index contributed by atoms with van der Waals surface area (Å²) < 4.78 is 6.12. The number of benzene rings is 1. The second-order valence-electron chi connectivity index (χ2n) is 5.91. The van der Waals surface area contributed by atoms with Crippen LogP contribution >= 0.6 is 27.5 Å². The number of ether oxygens (including phenoxy) is 1. The Labute approximate surface area is 150 Å². The molecular weight excluding hydrogens is 378 g/mol. The number of methoxy groups -OCH3 is 1. The van der Waals surface area contributed by atoms with Crippen molar-refractivity contribution in [1.29, 1.82) is 0 Å². The van der Waals surface area contributed by atoms with Gasteiger partial charge < -0.3 is 15.0 Å². The zero-order valence-corrected chi connectivity index (χ0v) is 15.5. The fraction of sp³-hybridized carbons (Fsp3) is 0.471. The van der Waals surface area contributed by atoms with E-state index < -0.39 is 0 Å². The number of fused-ring (bicyclic) bond motifs is 1. The fourth-order valence-corrected chi connectivity index (χ4v) is 3.84. The summed E-state index contributed by atoms with van der Waals surface area (Å²) in [5, 5.41) is 5.27. The van der Waals surface area contributed by atoms with Gasteiger partial charge in [0.15, 0.2) is 0 Å². The van der Waals surface area contributed by atoms with Crippen LogP contribution in [0.1, 0.15) is 12.8 Å². The normalized spacial score (nSPS) is 16.8. The number of hydrogen-bond acceptors (Lipinski definition) is 4. The predicted octanol–water partition coefficient (Wildman–Crippen LogP) is 4.17. The van der Waals surface area contributed by atoms with Gasteiger partial charge in [-0.15, -0.1) is 0 Å². The zero-order chi connectivity index (χ0) is 16.2. The van der Waals surface area contributed by atoms with Crippen LogP contribution in [-0.2, 0) is 4.74 Å². The lowest BCUT2D eigenvalue weighted by Gasteiger charge is -2.32. The Bertz CT molecular complexity index is 674. The van der Waals surface area contributed by atoms with Crippen LogP contribution in [0.2, 0.25) is 5.02 Å². The highest BCUT2D eigenvalue weighted by Gasteiger charge is 2.19. The van der Waals surface area contributed by atoms with Crippen LogP contribution in [0.25, 0.3) is 10.9 Å². The highest BCUT2D eigenvalue weighted by atomic mass is 79.9. The molecule has 1 aromatic carbocycles. The lowest BCUT2D eigenvalue weighted by molar-refractivity contribution is 0.132. The van der Waals surface area contributed by atoms with Gasteiger partial charge in [-0.2, -0.15) is 0 Å². The van der Waals surface area contributed by atoms with Gasteiger partial charge in [-0.3, -0.25) is 0 Å². The molecule has 0 bridgehead atoms. The molecule has 124 valence electrons. The predicted molar refractivity (Wildman–Crippen MR) is 99.4 cm³/mol. The van der Waals surface area contributed by atoms with Gasteiger partial charge in [0.25, 0.3) is 0 Å². The number of pyridine rings is 1. The number of aromatic nitrogens is 1.